The predicted molar refractivity (Wildman–Crippen MR) is 88.7 cm³/mol. The number of nitrogens with two attached hydrogens (primary N) is 1. The quantitative estimate of drug-likeness (QED) is 0.873. The summed E-state index contributed by atoms with van der Waals surface area (Å²) in [5.74, 6) is 0.556. The zero-order valence-electron chi connectivity index (χ0n) is 13.2. The molecule has 1 aliphatic rings. The molecule has 0 unspecified atom stereocenters. The van der Waals surface area contributed by atoms with Gasteiger partial charge >= 0.3 is 0 Å². The first-order valence-electron chi connectivity index (χ1n) is 7.70. The monoisotopic (exact) mass is 294 g/mol. The summed E-state index contributed by atoms with van der Waals surface area (Å²) < 4.78 is 0. The first-order chi connectivity index (χ1) is 9.40. The number of nitrogens with zero attached hydrogens (tertiary/aromatic N) is 1. The average molecular weight is 295 g/mol. The molecule has 0 bridgehead atoms. The number of hydrogen-bond acceptors (Lipinski definition) is 2. The Labute approximate surface area is 128 Å². The minimum Gasteiger partial charge on any atom is -0.366 e. The fraction of sp³-hybridized carbons (Fsp3) is 0.647. The van der Waals surface area contributed by atoms with Crippen LogP contribution in [0.2, 0.25) is 5.02 Å². The molecule has 1 aromatic rings. The number of halogens is 1. The smallest absolute Gasteiger partial charge is 0.0471 e. The third-order valence-corrected chi connectivity index (χ3v) is 4.86. The Morgan fingerprint density at radius 2 is 2.10 bits per heavy atom. The van der Waals surface area contributed by atoms with Gasteiger partial charge in [-0.15, -0.1) is 0 Å². The number of unbranched alkanes of at least 4 members (excludes halogenated alkanes) is 1. The lowest BCUT2D eigenvalue weighted by molar-refractivity contribution is 0.373. The summed E-state index contributed by atoms with van der Waals surface area (Å²) in [6.07, 6.45) is 3.61. The molecular formula is C17H27ClN2. The second-order valence-electron chi connectivity index (χ2n) is 6.63. The normalized spacial score (nSPS) is 20.9. The lowest BCUT2D eigenvalue weighted by atomic mass is 9.79. The summed E-state index contributed by atoms with van der Waals surface area (Å²) in [5, 5.41) is 0.803. The Balaban J connectivity index is 2.49. The van der Waals surface area contributed by atoms with Gasteiger partial charge in [-0.05, 0) is 49.8 Å². The van der Waals surface area contributed by atoms with E-state index in [1.54, 1.807) is 0 Å². The van der Waals surface area contributed by atoms with Crippen molar-refractivity contribution in [3.63, 3.8) is 0 Å². The van der Waals surface area contributed by atoms with E-state index in [-0.39, 0.29) is 5.54 Å². The number of anilines is 1. The molecule has 112 valence electrons. The van der Waals surface area contributed by atoms with Gasteiger partial charge < -0.3 is 10.6 Å². The van der Waals surface area contributed by atoms with Gasteiger partial charge in [0, 0.05) is 29.3 Å². The lowest BCUT2D eigenvalue weighted by Crippen LogP contribution is -2.48. The molecule has 3 heteroatoms. The zero-order valence-corrected chi connectivity index (χ0v) is 13.9. The van der Waals surface area contributed by atoms with Crippen LogP contribution in [0, 0.1) is 0 Å². The van der Waals surface area contributed by atoms with Crippen molar-refractivity contribution in [1.82, 2.24) is 0 Å². The summed E-state index contributed by atoms with van der Waals surface area (Å²) in [5.41, 5.74) is 9.77. The molecule has 0 aromatic heterocycles. The topological polar surface area (TPSA) is 29.3 Å². The van der Waals surface area contributed by atoms with E-state index in [0.29, 0.717) is 12.5 Å². The van der Waals surface area contributed by atoms with E-state index in [9.17, 15) is 0 Å². The third-order valence-electron chi connectivity index (χ3n) is 4.51. The molecule has 0 aliphatic carbocycles. The molecule has 0 radical (unpaired) electrons. The summed E-state index contributed by atoms with van der Waals surface area (Å²) in [6.45, 7) is 10.8. The van der Waals surface area contributed by atoms with E-state index in [2.05, 4.69) is 44.7 Å². The highest BCUT2D eigenvalue weighted by Crippen LogP contribution is 2.45. The number of hydrogen-bond donors (Lipinski definition) is 1. The van der Waals surface area contributed by atoms with Crippen molar-refractivity contribution < 1.29 is 0 Å². The Kier molecular flexibility index (Phi) is 4.66. The van der Waals surface area contributed by atoms with E-state index in [1.165, 1.54) is 30.5 Å². The SMILES string of the molecule is CCCCN1c2cc(Cl)c(CN)cc2[C@H](C)CC1(C)C. The molecule has 0 saturated heterocycles. The van der Waals surface area contributed by atoms with Gasteiger partial charge in [0.05, 0.1) is 0 Å². The molecule has 1 atom stereocenters. The second-order valence-corrected chi connectivity index (χ2v) is 7.04. The average Bonchev–Trinajstić information content (AvgIpc) is 2.37. The maximum Gasteiger partial charge on any atom is 0.0471 e. The van der Waals surface area contributed by atoms with Crippen LogP contribution >= 0.6 is 11.6 Å². The highest BCUT2D eigenvalue weighted by Gasteiger charge is 2.36. The Morgan fingerprint density at radius 1 is 1.40 bits per heavy atom. The van der Waals surface area contributed by atoms with Crippen molar-refractivity contribution in [2.45, 2.75) is 65.0 Å². The van der Waals surface area contributed by atoms with E-state index >= 15 is 0 Å². The van der Waals surface area contributed by atoms with Crippen LogP contribution in [-0.4, -0.2) is 12.1 Å². The molecule has 0 fully saturated rings. The molecule has 2 rings (SSSR count). The fourth-order valence-corrected chi connectivity index (χ4v) is 3.68. The standard InChI is InChI=1S/C17H27ClN2/c1-5-6-7-20-16-9-15(18)13(11-19)8-14(16)12(2)10-17(20,3)4/h8-9,12H,5-7,10-11,19H2,1-4H3/t12-/m1/s1. The van der Waals surface area contributed by atoms with E-state index in [1.807, 2.05) is 0 Å². The van der Waals surface area contributed by atoms with Crippen molar-refractivity contribution in [1.29, 1.82) is 0 Å². The molecular weight excluding hydrogens is 268 g/mol. The Hall–Kier alpha value is -0.730. The maximum atomic E-state index is 6.39. The van der Waals surface area contributed by atoms with Gasteiger partial charge in [0.1, 0.15) is 0 Å². The molecule has 0 saturated carbocycles. The van der Waals surface area contributed by atoms with E-state index in [4.69, 9.17) is 17.3 Å². The number of rotatable bonds is 4. The number of fused-ring (bicyclic) bond motifs is 1. The highest BCUT2D eigenvalue weighted by molar-refractivity contribution is 6.31. The summed E-state index contributed by atoms with van der Waals surface area (Å²) in [4.78, 5) is 2.54. The minimum atomic E-state index is 0.190. The van der Waals surface area contributed by atoms with Gasteiger partial charge in [-0.25, -0.2) is 0 Å². The first-order valence-corrected chi connectivity index (χ1v) is 8.08. The maximum absolute atomic E-state index is 6.39. The summed E-state index contributed by atoms with van der Waals surface area (Å²) >= 11 is 6.39. The molecule has 1 aliphatic heterocycles. The van der Waals surface area contributed by atoms with Crippen LogP contribution in [-0.2, 0) is 6.54 Å². The minimum absolute atomic E-state index is 0.190. The van der Waals surface area contributed by atoms with E-state index < -0.39 is 0 Å². The third kappa shape index (κ3) is 2.82. The van der Waals surface area contributed by atoms with E-state index in [0.717, 1.165) is 17.1 Å². The molecule has 1 aromatic carbocycles. The Morgan fingerprint density at radius 3 is 2.70 bits per heavy atom. The molecule has 0 spiro atoms. The fourth-order valence-electron chi connectivity index (χ4n) is 3.45. The van der Waals surface area contributed by atoms with Crippen LogP contribution in [0.3, 0.4) is 0 Å². The molecule has 20 heavy (non-hydrogen) atoms. The molecule has 2 N–H and O–H groups in total. The number of benzene rings is 1. The lowest BCUT2D eigenvalue weighted by Gasteiger charge is -2.48. The van der Waals surface area contributed by atoms with Crippen LogP contribution in [0.4, 0.5) is 5.69 Å². The van der Waals surface area contributed by atoms with Crippen molar-refractivity contribution in [2.75, 3.05) is 11.4 Å². The van der Waals surface area contributed by atoms with Gasteiger partial charge in [0.15, 0.2) is 0 Å². The highest BCUT2D eigenvalue weighted by atomic mass is 35.5. The van der Waals surface area contributed by atoms with Crippen LogP contribution in [0.15, 0.2) is 12.1 Å². The van der Waals surface area contributed by atoms with Crippen molar-refractivity contribution >= 4 is 17.3 Å². The zero-order chi connectivity index (χ0) is 14.9. The molecule has 0 amide bonds. The van der Waals surface area contributed by atoms with Gasteiger partial charge in [-0.2, -0.15) is 0 Å². The van der Waals surface area contributed by atoms with Crippen molar-refractivity contribution in [3.05, 3.63) is 28.3 Å². The summed E-state index contributed by atoms with van der Waals surface area (Å²) in [7, 11) is 0. The Bertz CT molecular complexity index is 482. The van der Waals surface area contributed by atoms with Gasteiger partial charge in [0.25, 0.3) is 0 Å². The van der Waals surface area contributed by atoms with Gasteiger partial charge in [-0.3, -0.25) is 0 Å². The molecule has 1 heterocycles. The van der Waals surface area contributed by atoms with Crippen LogP contribution in [0.25, 0.3) is 0 Å². The summed E-state index contributed by atoms with van der Waals surface area (Å²) in [6, 6.07) is 4.35. The van der Waals surface area contributed by atoms with Crippen LogP contribution in [0.5, 0.6) is 0 Å². The van der Waals surface area contributed by atoms with Crippen LogP contribution in [0.1, 0.15) is 64.0 Å². The van der Waals surface area contributed by atoms with Crippen molar-refractivity contribution in [2.24, 2.45) is 5.73 Å². The van der Waals surface area contributed by atoms with Crippen LogP contribution < -0.4 is 10.6 Å². The van der Waals surface area contributed by atoms with Gasteiger partial charge in [-0.1, -0.05) is 37.9 Å². The van der Waals surface area contributed by atoms with Crippen molar-refractivity contribution in [3.8, 4) is 0 Å². The second kappa shape index (κ2) is 5.95. The predicted octanol–water partition coefficient (Wildman–Crippen LogP) is 4.69. The largest absolute Gasteiger partial charge is 0.366 e. The van der Waals surface area contributed by atoms with Gasteiger partial charge in [0.2, 0.25) is 0 Å². The first kappa shape index (κ1) is 15.7. The molecule has 2 nitrogen and oxygen atoms in total.